The largest absolute Gasteiger partial charge is 0.399 e. The minimum atomic E-state index is -0.728. The highest BCUT2D eigenvalue weighted by molar-refractivity contribution is 7.97. The molecule has 0 aromatic heterocycles. The second kappa shape index (κ2) is 17.7. The number of benzene rings is 4. The van der Waals surface area contributed by atoms with Gasteiger partial charge in [-0.1, -0.05) is 62.9 Å². The Bertz CT molecular complexity index is 1580. The first kappa shape index (κ1) is 35.7. The van der Waals surface area contributed by atoms with E-state index in [2.05, 4.69) is 48.2 Å². The number of amides is 1. The molecular weight excluding hydrogens is 598 g/mol. The van der Waals surface area contributed by atoms with Crippen molar-refractivity contribution in [2.24, 2.45) is 5.92 Å². The topological polar surface area (TPSA) is 117 Å². The van der Waals surface area contributed by atoms with Gasteiger partial charge in [0.25, 0.3) is 5.91 Å². The van der Waals surface area contributed by atoms with Crippen LogP contribution in [0, 0.1) is 24.6 Å². The highest BCUT2D eigenvalue weighted by Gasteiger charge is 2.24. The van der Waals surface area contributed by atoms with E-state index in [9.17, 15) is 14.3 Å². The average Bonchev–Trinajstić information content (AvgIpc) is 3.04. The number of nitrogens with two attached hydrogens (primary N) is 2. The second-order valence-corrected chi connectivity index (χ2v) is 12.3. The molecule has 0 aliphatic heterocycles. The summed E-state index contributed by atoms with van der Waals surface area (Å²) in [6.45, 7) is 9.76. The quantitative estimate of drug-likeness (QED) is 0.0593. The van der Waals surface area contributed by atoms with Gasteiger partial charge in [-0.05, 0) is 90.0 Å². The summed E-state index contributed by atoms with van der Waals surface area (Å²) in [7, 11) is 0. The number of nitrogens with zero attached hydrogens (tertiary/aromatic N) is 1. The van der Waals surface area contributed by atoms with Crippen molar-refractivity contribution in [3.8, 4) is 12.8 Å². The summed E-state index contributed by atoms with van der Waals surface area (Å²) in [4.78, 5) is 13.8. The Morgan fingerprint density at radius 3 is 2.20 bits per heavy atom. The summed E-state index contributed by atoms with van der Waals surface area (Å²) >= 11 is 1.60. The van der Waals surface area contributed by atoms with Crippen LogP contribution in [-0.4, -0.2) is 40.6 Å². The van der Waals surface area contributed by atoms with Gasteiger partial charge in [0, 0.05) is 34.9 Å². The lowest BCUT2D eigenvalue weighted by Gasteiger charge is -2.31. The first-order chi connectivity index (χ1) is 22.1. The fourth-order valence-corrected chi connectivity index (χ4v) is 5.84. The van der Waals surface area contributed by atoms with Gasteiger partial charge in [-0.15, -0.1) is 12.8 Å². The van der Waals surface area contributed by atoms with Crippen molar-refractivity contribution < 1.29 is 14.3 Å². The van der Waals surface area contributed by atoms with Crippen LogP contribution in [-0.2, 0) is 6.42 Å². The normalized spacial score (nSPS) is 12.1. The number of anilines is 3. The van der Waals surface area contributed by atoms with E-state index in [1.165, 1.54) is 18.2 Å². The number of carbonyl (C=O) groups excluding carboxylic acids is 1. The third kappa shape index (κ3) is 11.0. The highest BCUT2D eigenvalue weighted by atomic mass is 32.2. The zero-order valence-corrected chi connectivity index (χ0v) is 27.0. The molecule has 2 unspecified atom stereocenters. The number of hydrogen-bond donors (Lipinski definition) is 5. The van der Waals surface area contributed by atoms with E-state index in [1.54, 1.807) is 36.2 Å². The standard InChI is InChI=1S/C35H40FN5O2S.C2H2/c1-23(2)21-41(44-30-16-14-29(37)15-17-30)22-34(42)33(19-25-7-5-4-6-8-25)39-24(3)26-9-11-27(12-10-26)35(43)40-32-20-28(36)13-18-31(32)38;1-2/h4-18,20,23,33-34,39,42H,3,19,21-22,37-38H2,1-2H3,(H,40,43);1-2H. The molecule has 7 N–H and O–H groups in total. The van der Waals surface area contributed by atoms with Gasteiger partial charge in [0.05, 0.1) is 23.5 Å². The van der Waals surface area contributed by atoms with E-state index < -0.39 is 17.8 Å². The van der Waals surface area contributed by atoms with Crippen molar-refractivity contribution in [2.75, 3.05) is 29.9 Å². The van der Waals surface area contributed by atoms with Crippen LogP contribution >= 0.6 is 11.9 Å². The predicted molar refractivity (Wildman–Crippen MR) is 190 cm³/mol. The van der Waals surface area contributed by atoms with Crippen LogP contribution in [0.4, 0.5) is 21.5 Å². The van der Waals surface area contributed by atoms with Crippen LogP contribution in [0.15, 0.2) is 109 Å². The molecule has 7 nitrogen and oxygen atoms in total. The molecule has 4 aromatic rings. The maximum Gasteiger partial charge on any atom is 0.255 e. The van der Waals surface area contributed by atoms with Crippen LogP contribution < -0.4 is 22.1 Å². The zero-order valence-electron chi connectivity index (χ0n) is 26.2. The fraction of sp³-hybridized carbons (Fsp3) is 0.216. The maximum atomic E-state index is 13.6. The minimum absolute atomic E-state index is 0.212. The monoisotopic (exact) mass is 639 g/mol. The number of nitrogens with one attached hydrogen (secondary N) is 2. The van der Waals surface area contributed by atoms with Crippen molar-refractivity contribution in [3.05, 3.63) is 126 Å². The molecule has 0 bridgehead atoms. The fourth-order valence-electron chi connectivity index (χ4n) is 4.68. The lowest BCUT2D eigenvalue weighted by atomic mass is 9.99. The number of halogens is 1. The first-order valence-electron chi connectivity index (χ1n) is 14.8. The van der Waals surface area contributed by atoms with Crippen LogP contribution in [0.1, 0.15) is 35.3 Å². The Morgan fingerprint density at radius 2 is 1.57 bits per heavy atom. The zero-order chi connectivity index (χ0) is 33.6. The molecular formula is C37H42FN5O2S. The van der Waals surface area contributed by atoms with Crippen LogP contribution in [0.25, 0.3) is 5.70 Å². The molecule has 9 heteroatoms. The molecule has 0 aliphatic carbocycles. The van der Waals surface area contributed by atoms with Gasteiger partial charge >= 0.3 is 0 Å². The summed E-state index contributed by atoms with van der Waals surface area (Å²) in [6, 6.07) is 28.1. The Morgan fingerprint density at radius 1 is 0.935 bits per heavy atom. The molecule has 0 fully saturated rings. The van der Waals surface area contributed by atoms with Gasteiger partial charge in [0.1, 0.15) is 5.82 Å². The molecule has 2 atom stereocenters. The lowest BCUT2D eigenvalue weighted by molar-refractivity contribution is 0.102. The number of aliphatic hydroxyl groups excluding tert-OH is 1. The number of carbonyl (C=O) groups is 1. The molecule has 4 rings (SSSR count). The van der Waals surface area contributed by atoms with E-state index in [4.69, 9.17) is 11.5 Å². The minimum Gasteiger partial charge on any atom is -0.399 e. The van der Waals surface area contributed by atoms with Gasteiger partial charge in [0.15, 0.2) is 0 Å². The Labute approximate surface area is 276 Å². The Kier molecular flexibility index (Phi) is 13.7. The van der Waals surface area contributed by atoms with Crippen LogP contribution in [0.3, 0.4) is 0 Å². The summed E-state index contributed by atoms with van der Waals surface area (Å²) in [5.74, 6) is -0.503. The second-order valence-electron chi connectivity index (χ2n) is 11.2. The number of nitrogen functional groups attached to an aromatic ring is 2. The van der Waals surface area contributed by atoms with Gasteiger partial charge in [-0.3, -0.25) is 4.79 Å². The third-order valence-corrected chi connectivity index (χ3v) is 8.00. The highest BCUT2D eigenvalue weighted by Crippen LogP contribution is 2.26. The molecule has 0 spiro atoms. The van der Waals surface area contributed by atoms with Crippen molar-refractivity contribution in [3.63, 3.8) is 0 Å². The number of hydrogen-bond acceptors (Lipinski definition) is 7. The molecule has 4 aromatic carbocycles. The van der Waals surface area contributed by atoms with Crippen molar-refractivity contribution in [2.45, 2.75) is 37.3 Å². The summed E-state index contributed by atoms with van der Waals surface area (Å²) < 4.78 is 15.8. The number of aliphatic hydroxyl groups is 1. The molecule has 46 heavy (non-hydrogen) atoms. The van der Waals surface area contributed by atoms with E-state index in [0.717, 1.165) is 22.6 Å². The first-order valence-corrected chi connectivity index (χ1v) is 15.6. The van der Waals surface area contributed by atoms with Crippen molar-refractivity contribution in [1.29, 1.82) is 0 Å². The summed E-state index contributed by atoms with van der Waals surface area (Å²) in [5, 5.41) is 17.7. The lowest BCUT2D eigenvalue weighted by Crippen LogP contribution is -2.46. The predicted octanol–water partition coefficient (Wildman–Crippen LogP) is 6.69. The van der Waals surface area contributed by atoms with Crippen LogP contribution in [0.5, 0.6) is 0 Å². The summed E-state index contributed by atoms with van der Waals surface area (Å²) in [6.07, 6.45) is 7.85. The van der Waals surface area contributed by atoms with E-state index >= 15 is 0 Å². The average molecular weight is 640 g/mol. The van der Waals surface area contributed by atoms with Crippen molar-refractivity contribution >= 4 is 40.6 Å². The van der Waals surface area contributed by atoms with Gasteiger partial charge < -0.3 is 27.2 Å². The molecule has 0 aliphatic rings. The summed E-state index contributed by atoms with van der Waals surface area (Å²) in [5.41, 5.74) is 15.8. The molecule has 0 radical (unpaired) electrons. The SMILES string of the molecule is C#C.C=C(NC(Cc1ccccc1)C(O)CN(CC(C)C)Sc1ccc(N)cc1)c1ccc(C(=O)Nc2cc(F)ccc2N)cc1. The van der Waals surface area contributed by atoms with E-state index in [0.29, 0.717) is 35.8 Å². The Hall–Kier alpha value is -4.75. The number of rotatable bonds is 14. The molecule has 0 saturated carbocycles. The Balaban J connectivity index is 0.00000282. The van der Waals surface area contributed by atoms with Gasteiger partial charge in [0.2, 0.25) is 0 Å². The smallest absolute Gasteiger partial charge is 0.255 e. The maximum absolute atomic E-state index is 13.6. The van der Waals surface area contributed by atoms with Crippen molar-refractivity contribution in [1.82, 2.24) is 9.62 Å². The molecule has 240 valence electrons. The number of terminal acetylenes is 1. The van der Waals surface area contributed by atoms with Gasteiger partial charge in [-0.25, -0.2) is 8.70 Å². The van der Waals surface area contributed by atoms with E-state index in [1.807, 2.05) is 54.6 Å². The molecule has 0 saturated heterocycles. The van der Waals surface area contributed by atoms with Crippen LogP contribution in [0.2, 0.25) is 0 Å². The third-order valence-electron chi connectivity index (χ3n) is 6.96. The molecule has 0 heterocycles. The van der Waals surface area contributed by atoms with Gasteiger partial charge in [-0.2, -0.15) is 0 Å². The van der Waals surface area contributed by atoms with E-state index in [-0.39, 0.29) is 17.4 Å². The molecule has 1 amide bonds.